The molecule has 1 heterocycles. The third kappa shape index (κ3) is 1.76. The van der Waals surface area contributed by atoms with Gasteiger partial charge in [0.05, 0.1) is 5.60 Å². The van der Waals surface area contributed by atoms with Gasteiger partial charge in [-0.15, -0.1) is 11.3 Å². The number of aliphatic hydroxyl groups is 1. The second-order valence-corrected chi connectivity index (χ2v) is 5.78. The Morgan fingerprint density at radius 3 is 2.75 bits per heavy atom. The molecule has 0 aliphatic heterocycles. The van der Waals surface area contributed by atoms with Gasteiger partial charge in [-0.2, -0.15) is 0 Å². The maximum atomic E-state index is 10.4. The summed E-state index contributed by atoms with van der Waals surface area (Å²) in [5.74, 6) is 0. The molecule has 1 N–H and O–H groups in total. The molecule has 0 saturated heterocycles. The highest BCUT2D eigenvalue weighted by atomic mass is 32.1. The maximum Gasteiger partial charge on any atom is 0.0688 e. The summed E-state index contributed by atoms with van der Waals surface area (Å²) in [5.41, 5.74) is 0.897. The quantitative estimate of drug-likeness (QED) is 0.836. The van der Waals surface area contributed by atoms with Gasteiger partial charge in [0.25, 0.3) is 0 Å². The lowest BCUT2D eigenvalue weighted by molar-refractivity contribution is 0.0486. The molecular formula is C14H16OS. The maximum absolute atomic E-state index is 10.4. The first kappa shape index (κ1) is 10.3. The summed E-state index contributed by atoms with van der Waals surface area (Å²) in [6.07, 6.45) is 5.13. The van der Waals surface area contributed by atoms with Crippen molar-refractivity contribution in [2.24, 2.45) is 0 Å². The average Bonchev–Trinajstić information content (AvgIpc) is 2.87. The van der Waals surface area contributed by atoms with Gasteiger partial charge in [0.15, 0.2) is 0 Å². The molecule has 0 amide bonds. The van der Waals surface area contributed by atoms with Gasteiger partial charge in [-0.05, 0) is 35.2 Å². The lowest BCUT2D eigenvalue weighted by atomic mass is 9.93. The fourth-order valence-corrected chi connectivity index (χ4v) is 3.70. The zero-order valence-corrected chi connectivity index (χ0v) is 10.1. The summed E-state index contributed by atoms with van der Waals surface area (Å²) in [6, 6.07) is 8.48. The van der Waals surface area contributed by atoms with Crippen molar-refractivity contribution >= 4 is 21.4 Å². The summed E-state index contributed by atoms with van der Waals surface area (Å²) in [7, 11) is 0. The van der Waals surface area contributed by atoms with E-state index in [1.54, 1.807) is 11.3 Å². The molecule has 3 rings (SSSR count). The summed E-state index contributed by atoms with van der Waals surface area (Å²) < 4.78 is 1.33. The number of thiophene rings is 1. The van der Waals surface area contributed by atoms with Crippen LogP contribution in [0.15, 0.2) is 29.6 Å². The zero-order chi connectivity index (χ0) is 11.0. The van der Waals surface area contributed by atoms with Crippen LogP contribution in [-0.4, -0.2) is 10.7 Å². The van der Waals surface area contributed by atoms with Gasteiger partial charge >= 0.3 is 0 Å². The minimum absolute atomic E-state index is 0.427. The highest BCUT2D eigenvalue weighted by molar-refractivity contribution is 7.17. The van der Waals surface area contributed by atoms with E-state index >= 15 is 0 Å². The summed E-state index contributed by atoms with van der Waals surface area (Å²) in [6.45, 7) is 0. The molecule has 0 radical (unpaired) electrons. The van der Waals surface area contributed by atoms with Crippen LogP contribution in [0.1, 0.15) is 31.2 Å². The van der Waals surface area contributed by atoms with E-state index in [-0.39, 0.29) is 0 Å². The molecule has 1 aliphatic carbocycles. The van der Waals surface area contributed by atoms with Crippen LogP contribution in [0.5, 0.6) is 0 Å². The Bertz CT molecular complexity index is 494. The fourth-order valence-electron chi connectivity index (χ4n) is 2.73. The summed E-state index contributed by atoms with van der Waals surface area (Å²) >= 11 is 1.78. The van der Waals surface area contributed by atoms with Gasteiger partial charge in [0.2, 0.25) is 0 Å². The van der Waals surface area contributed by atoms with Gasteiger partial charge in [-0.25, -0.2) is 0 Å². The number of benzene rings is 1. The zero-order valence-electron chi connectivity index (χ0n) is 9.28. The molecule has 1 saturated carbocycles. The molecule has 2 heteroatoms. The van der Waals surface area contributed by atoms with Crippen LogP contribution in [0.3, 0.4) is 0 Å². The molecule has 2 aromatic rings. The van der Waals surface area contributed by atoms with Gasteiger partial charge in [-0.3, -0.25) is 0 Å². The van der Waals surface area contributed by atoms with Crippen molar-refractivity contribution in [2.45, 2.75) is 37.7 Å². The van der Waals surface area contributed by atoms with E-state index in [9.17, 15) is 5.11 Å². The number of fused-ring (bicyclic) bond motifs is 1. The second kappa shape index (κ2) is 3.86. The highest BCUT2D eigenvalue weighted by Crippen LogP contribution is 2.36. The molecule has 16 heavy (non-hydrogen) atoms. The van der Waals surface area contributed by atoms with Crippen molar-refractivity contribution < 1.29 is 5.11 Å². The Kier molecular flexibility index (Phi) is 2.49. The second-order valence-electron chi connectivity index (χ2n) is 4.87. The van der Waals surface area contributed by atoms with Crippen LogP contribution in [-0.2, 0) is 6.42 Å². The van der Waals surface area contributed by atoms with Crippen molar-refractivity contribution in [1.82, 2.24) is 0 Å². The Labute approximate surface area is 99.7 Å². The van der Waals surface area contributed by atoms with Crippen molar-refractivity contribution in [2.75, 3.05) is 0 Å². The van der Waals surface area contributed by atoms with E-state index in [1.165, 1.54) is 28.5 Å². The van der Waals surface area contributed by atoms with Crippen LogP contribution in [0.4, 0.5) is 0 Å². The standard InChI is InChI=1S/C14H16OS/c15-14(7-3-4-8-14)9-11-10-16-13-6-2-1-5-12(11)13/h1-2,5-6,10,15H,3-4,7-9H2. The molecule has 0 atom stereocenters. The Morgan fingerprint density at radius 2 is 1.94 bits per heavy atom. The molecule has 0 bridgehead atoms. The number of hydrogen-bond donors (Lipinski definition) is 1. The van der Waals surface area contributed by atoms with E-state index in [1.807, 2.05) is 0 Å². The first-order valence-electron chi connectivity index (χ1n) is 5.94. The third-order valence-corrected chi connectivity index (χ3v) is 4.63. The smallest absolute Gasteiger partial charge is 0.0688 e. The van der Waals surface area contributed by atoms with Crippen LogP contribution in [0, 0.1) is 0 Å². The van der Waals surface area contributed by atoms with Gasteiger partial charge in [0, 0.05) is 11.1 Å². The predicted molar refractivity (Wildman–Crippen MR) is 68.9 cm³/mol. The first-order valence-corrected chi connectivity index (χ1v) is 6.82. The van der Waals surface area contributed by atoms with E-state index in [0.29, 0.717) is 0 Å². The third-order valence-electron chi connectivity index (χ3n) is 3.61. The Balaban J connectivity index is 1.94. The Hall–Kier alpha value is -0.860. The van der Waals surface area contributed by atoms with Crippen LogP contribution < -0.4 is 0 Å². The molecule has 0 unspecified atom stereocenters. The monoisotopic (exact) mass is 232 g/mol. The predicted octanol–water partition coefficient (Wildman–Crippen LogP) is 3.75. The molecule has 1 aliphatic rings. The normalized spacial score (nSPS) is 19.3. The first-order chi connectivity index (χ1) is 7.77. The molecule has 1 fully saturated rings. The van der Waals surface area contributed by atoms with E-state index in [0.717, 1.165) is 19.3 Å². The van der Waals surface area contributed by atoms with E-state index in [4.69, 9.17) is 0 Å². The number of rotatable bonds is 2. The van der Waals surface area contributed by atoms with Crippen molar-refractivity contribution in [3.05, 3.63) is 35.2 Å². The molecule has 84 valence electrons. The van der Waals surface area contributed by atoms with Crippen LogP contribution >= 0.6 is 11.3 Å². The van der Waals surface area contributed by atoms with E-state index in [2.05, 4.69) is 29.6 Å². The lowest BCUT2D eigenvalue weighted by Crippen LogP contribution is -2.26. The fraction of sp³-hybridized carbons (Fsp3) is 0.429. The molecule has 1 aromatic carbocycles. The average molecular weight is 232 g/mol. The molecular weight excluding hydrogens is 216 g/mol. The molecule has 0 spiro atoms. The highest BCUT2D eigenvalue weighted by Gasteiger charge is 2.31. The van der Waals surface area contributed by atoms with Crippen molar-refractivity contribution in [3.8, 4) is 0 Å². The molecule has 1 aromatic heterocycles. The van der Waals surface area contributed by atoms with Crippen LogP contribution in [0.25, 0.3) is 10.1 Å². The van der Waals surface area contributed by atoms with Gasteiger partial charge in [-0.1, -0.05) is 31.0 Å². The number of hydrogen-bond acceptors (Lipinski definition) is 2. The lowest BCUT2D eigenvalue weighted by Gasteiger charge is -2.21. The summed E-state index contributed by atoms with van der Waals surface area (Å²) in [4.78, 5) is 0. The van der Waals surface area contributed by atoms with E-state index < -0.39 is 5.60 Å². The molecule has 1 nitrogen and oxygen atoms in total. The van der Waals surface area contributed by atoms with Gasteiger partial charge in [0.1, 0.15) is 0 Å². The van der Waals surface area contributed by atoms with Crippen molar-refractivity contribution in [1.29, 1.82) is 0 Å². The van der Waals surface area contributed by atoms with Crippen LogP contribution in [0.2, 0.25) is 0 Å². The Morgan fingerprint density at radius 1 is 1.19 bits per heavy atom. The van der Waals surface area contributed by atoms with Gasteiger partial charge < -0.3 is 5.11 Å². The SMILES string of the molecule is OC1(Cc2csc3ccccc23)CCCC1. The van der Waals surface area contributed by atoms with Crippen molar-refractivity contribution in [3.63, 3.8) is 0 Å². The minimum atomic E-state index is -0.427. The topological polar surface area (TPSA) is 20.2 Å². The summed E-state index contributed by atoms with van der Waals surface area (Å²) in [5, 5.41) is 14.0. The minimum Gasteiger partial charge on any atom is -0.390 e. The largest absolute Gasteiger partial charge is 0.390 e.